The second kappa shape index (κ2) is 8.38. The van der Waals surface area contributed by atoms with Gasteiger partial charge in [-0.05, 0) is 18.7 Å². The van der Waals surface area contributed by atoms with E-state index in [1.54, 1.807) is 14.2 Å². The zero-order chi connectivity index (χ0) is 16.8. The highest BCUT2D eigenvalue weighted by Gasteiger charge is 2.19. The van der Waals surface area contributed by atoms with Crippen LogP contribution in [-0.2, 0) is 11.3 Å². The van der Waals surface area contributed by atoms with Crippen LogP contribution >= 0.6 is 11.6 Å². The van der Waals surface area contributed by atoms with Crippen LogP contribution in [0.2, 0.25) is 5.02 Å². The Morgan fingerprint density at radius 2 is 2.00 bits per heavy atom. The van der Waals surface area contributed by atoms with Gasteiger partial charge in [0.05, 0.1) is 25.8 Å². The molecule has 1 N–H and O–H groups in total. The molecule has 0 atom stereocenters. The molecule has 1 saturated heterocycles. The second-order valence-electron chi connectivity index (χ2n) is 5.58. The van der Waals surface area contributed by atoms with Crippen LogP contribution in [0.4, 0.5) is 0 Å². The molecule has 1 aliphatic rings. The molecule has 0 aliphatic carbocycles. The first kappa shape index (κ1) is 17.8. The quantitative estimate of drug-likeness (QED) is 0.843. The van der Waals surface area contributed by atoms with Gasteiger partial charge < -0.3 is 19.7 Å². The number of rotatable bonds is 6. The lowest BCUT2D eigenvalue weighted by atomic mass is 10.2. The minimum atomic E-state index is 0.144. The number of ether oxygens (including phenoxy) is 2. The monoisotopic (exact) mass is 341 g/mol. The Morgan fingerprint density at radius 3 is 2.61 bits per heavy atom. The number of nitrogens with one attached hydrogen (secondary N) is 1. The summed E-state index contributed by atoms with van der Waals surface area (Å²) in [5.41, 5.74) is 0.903. The highest BCUT2D eigenvalue weighted by Crippen LogP contribution is 2.37. The molecule has 0 bridgehead atoms. The number of methoxy groups -OCH3 is 2. The Labute approximate surface area is 142 Å². The third kappa shape index (κ3) is 4.50. The Balaban J connectivity index is 1.99. The number of halogens is 1. The molecule has 1 fully saturated rings. The van der Waals surface area contributed by atoms with E-state index < -0.39 is 0 Å². The van der Waals surface area contributed by atoms with Crippen molar-refractivity contribution in [2.45, 2.75) is 6.54 Å². The van der Waals surface area contributed by atoms with Gasteiger partial charge in [0.25, 0.3) is 0 Å². The molecule has 0 saturated carbocycles. The summed E-state index contributed by atoms with van der Waals surface area (Å²) in [5, 5.41) is 3.76. The first-order valence-electron chi connectivity index (χ1n) is 7.63. The van der Waals surface area contributed by atoms with E-state index in [4.69, 9.17) is 21.1 Å². The summed E-state index contributed by atoms with van der Waals surface area (Å²) < 4.78 is 10.5. The van der Waals surface area contributed by atoms with Gasteiger partial charge in [0.1, 0.15) is 0 Å². The molecule has 1 aromatic rings. The summed E-state index contributed by atoms with van der Waals surface area (Å²) in [7, 11) is 5.05. The van der Waals surface area contributed by atoms with E-state index in [1.165, 1.54) is 0 Å². The fourth-order valence-corrected chi connectivity index (χ4v) is 2.94. The van der Waals surface area contributed by atoms with E-state index in [0.29, 0.717) is 29.6 Å². The number of amides is 1. The average molecular weight is 342 g/mol. The molecule has 0 radical (unpaired) electrons. The number of carbonyl (C=O) groups is 1. The lowest BCUT2D eigenvalue weighted by Gasteiger charge is -2.29. The molecule has 23 heavy (non-hydrogen) atoms. The lowest BCUT2D eigenvalue weighted by molar-refractivity contribution is -0.132. The van der Waals surface area contributed by atoms with E-state index in [9.17, 15) is 4.79 Å². The predicted octanol–water partition coefficient (Wildman–Crippen LogP) is 1.22. The van der Waals surface area contributed by atoms with Crippen LogP contribution in [-0.4, -0.2) is 69.7 Å². The number of piperazine rings is 1. The molecular weight excluding hydrogens is 318 g/mol. The van der Waals surface area contributed by atoms with E-state index in [-0.39, 0.29) is 5.91 Å². The van der Waals surface area contributed by atoms with E-state index >= 15 is 0 Å². The average Bonchev–Trinajstić information content (AvgIpc) is 2.57. The molecular formula is C16H24ClN3O3. The first-order chi connectivity index (χ1) is 11.1. The summed E-state index contributed by atoms with van der Waals surface area (Å²) in [4.78, 5) is 16.1. The number of likely N-dealkylation sites (N-methyl/N-ethyl adjacent to an activating group) is 1. The molecule has 2 rings (SSSR count). The van der Waals surface area contributed by atoms with Crippen LogP contribution in [0.25, 0.3) is 0 Å². The zero-order valence-corrected chi connectivity index (χ0v) is 14.7. The maximum Gasteiger partial charge on any atom is 0.236 e. The third-order valence-corrected chi connectivity index (χ3v) is 4.29. The summed E-state index contributed by atoms with van der Waals surface area (Å²) in [6.45, 7) is 4.18. The standard InChI is InChI=1S/C16H24ClN3O3/c1-19(11-14(21)20-8-6-18-7-9-20)10-12-4-5-13(22-2)16(23-3)15(12)17/h4-5,18H,6-11H2,1-3H3. The van der Waals surface area contributed by atoms with Gasteiger partial charge in [-0.25, -0.2) is 0 Å². The molecule has 1 aromatic carbocycles. The third-order valence-electron chi connectivity index (χ3n) is 3.88. The van der Waals surface area contributed by atoms with E-state index in [1.807, 2.05) is 29.0 Å². The fraction of sp³-hybridized carbons (Fsp3) is 0.562. The number of hydrogen-bond acceptors (Lipinski definition) is 5. The second-order valence-corrected chi connectivity index (χ2v) is 5.96. The van der Waals surface area contributed by atoms with Crippen molar-refractivity contribution in [2.75, 3.05) is 54.0 Å². The maximum atomic E-state index is 12.3. The van der Waals surface area contributed by atoms with Crippen LogP contribution in [0.5, 0.6) is 11.5 Å². The van der Waals surface area contributed by atoms with Crippen molar-refractivity contribution in [2.24, 2.45) is 0 Å². The molecule has 7 heteroatoms. The molecule has 1 amide bonds. The van der Waals surface area contributed by atoms with Crippen LogP contribution < -0.4 is 14.8 Å². The van der Waals surface area contributed by atoms with Gasteiger partial charge in [0.2, 0.25) is 5.91 Å². The molecule has 0 unspecified atom stereocenters. The molecule has 0 aromatic heterocycles. The lowest BCUT2D eigenvalue weighted by Crippen LogP contribution is -2.49. The number of benzene rings is 1. The Bertz CT molecular complexity index is 548. The van der Waals surface area contributed by atoms with Crippen LogP contribution in [0.1, 0.15) is 5.56 Å². The first-order valence-corrected chi connectivity index (χ1v) is 8.01. The van der Waals surface area contributed by atoms with Crippen LogP contribution in [0.15, 0.2) is 12.1 Å². The van der Waals surface area contributed by atoms with Gasteiger partial charge in [-0.2, -0.15) is 0 Å². The molecule has 128 valence electrons. The van der Waals surface area contributed by atoms with Gasteiger partial charge in [0.15, 0.2) is 11.5 Å². The largest absolute Gasteiger partial charge is 0.493 e. The molecule has 6 nitrogen and oxygen atoms in total. The summed E-state index contributed by atoms with van der Waals surface area (Å²) in [6.07, 6.45) is 0. The van der Waals surface area contributed by atoms with Crippen molar-refractivity contribution in [1.82, 2.24) is 15.1 Å². The van der Waals surface area contributed by atoms with Gasteiger partial charge >= 0.3 is 0 Å². The highest BCUT2D eigenvalue weighted by atomic mass is 35.5. The van der Waals surface area contributed by atoms with Crippen molar-refractivity contribution >= 4 is 17.5 Å². The topological polar surface area (TPSA) is 54.0 Å². The number of carbonyl (C=O) groups excluding carboxylic acids is 1. The van der Waals surface area contributed by atoms with Crippen molar-refractivity contribution < 1.29 is 14.3 Å². The molecule has 1 aliphatic heterocycles. The molecule has 0 spiro atoms. The minimum Gasteiger partial charge on any atom is -0.493 e. The predicted molar refractivity (Wildman–Crippen MR) is 90.3 cm³/mol. The summed E-state index contributed by atoms with van der Waals surface area (Å²) >= 11 is 6.39. The Morgan fingerprint density at radius 1 is 1.30 bits per heavy atom. The van der Waals surface area contributed by atoms with Crippen LogP contribution in [0.3, 0.4) is 0 Å². The van der Waals surface area contributed by atoms with Gasteiger partial charge in [0, 0.05) is 32.7 Å². The van der Waals surface area contributed by atoms with Crippen molar-refractivity contribution in [3.63, 3.8) is 0 Å². The van der Waals surface area contributed by atoms with Gasteiger partial charge in [-0.15, -0.1) is 0 Å². The van der Waals surface area contributed by atoms with Gasteiger partial charge in [-0.3, -0.25) is 9.69 Å². The normalized spacial score (nSPS) is 14.9. The van der Waals surface area contributed by atoms with E-state index in [0.717, 1.165) is 31.7 Å². The molecule has 1 heterocycles. The van der Waals surface area contributed by atoms with Crippen LogP contribution in [0, 0.1) is 0 Å². The fourth-order valence-electron chi connectivity index (χ4n) is 2.64. The zero-order valence-electron chi connectivity index (χ0n) is 13.9. The number of hydrogen-bond donors (Lipinski definition) is 1. The number of nitrogens with zero attached hydrogens (tertiary/aromatic N) is 2. The van der Waals surface area contributed by atoms with Crippen molar-refractivity contribution in [3.05, 3.63) is 22.7 Å². The maximum absolute atomic E-state index is 12.3. The smallest absolute Gasteiger partial charge is 0.236 e. The summed E-state index contributed by atoms with van der Waals surface area (Å²) in [6, 6.07) is 3.72. The van der Waals surface area contributed by atoms with E-state index in [2.05, 4.69) is 5.32 Å². The van der Waals surface area contributed by atoms with Gasteiger partial charge in [-0.1, -0.05) is 17.7 Å². The summed E-state index contributed by atoms with van der Waals surface area (Å²) in [5.74, 6) is 1.26. The highest BCUT2D eigenvalue weighted by molar-refractivity contribution is 6.33. The Hall–Kier alpha value is -1.50. The minimum absolute atomic E-state index is 0.144. The SMILES string of the molecule is COc1ccc(CN(C)CC(=O)N2CCNCC2)c(Cl)c1OC. The van der Waals surface area contributed by atoms with Crippen molar-refractivity contribution in [1.29, 1.82) is 0 Å². The van der Waals surface area contributed by atoms with Crippen molar-refractivity contribution in [3.8, 4) is 11.5 Å². The Kier molecular flexibility index (Phi) is 6.50.